The van der Waals surface area contributed by atoms with Gasteiger partial charge in [-0.2, -0.15) is 16.9 Å². The lowest BCUT2D eigenvalue weighted by atomic mass is 9.95. The molecule has 1 aromatic heterocycles. The first-order chi connectivity index (χ1) is 13.7. The second-order valence-electron chi connectivity index (χ2n) is 7.37. The molecule has 2 amide bonds. The van der Waals surface area contributed by atoms with E-state index in [0.29, 0.717) is 6.54 Å². The van der Waals surface area contributed by atoms with Crippen LogP contribution < -0.4 is 10.6 Å². The van der Waals surface area contributed by atoms with Crippen LogP contribution in [0.1, 0.15) is 12.1 Å². The fraction of sp³-hybridized carbons (Fsp3) is 0.500. The number of aromatic nitrogens is 2. The third-order valence-corrected chi connectivity index (χ3v) is 6.76. The molecule has 0 spiro atoms. The molecule has 7 nitrogen and oxygen atoms in total. The third-order valence-electron chi connectivity index (χ3n) is 5.52. The molecule has 1 atom stereocenters. The predicted molar refractivity (Wildman–Crippen MR) is 112 cm³/mol. The fourth-order valence-corrected chi connectivity index (χ4v) is 5.39. The van der Waals surface area contributed by atoms with E-state index in [-0.39, 0.29) is 11.6 Å². The van der Waals surface area contributed by atoms with Crippen molar-refractivity contribution >= 4 is 23.5 Å². The van der Waals surface area contributed by atoms with Gasteiger partial charge in [0.2, 0.25) is 0 Å². The van der Waals surface area contributed by atoms with Crippen LogP contribution in [0.4, 0.5) is 10.5 Å². The number of anilines is 1. The smallest absolute Gasteiger partial charge is 0.319 e. The van der Waals surface area contributed by atoms with Crippen LogP contribution >= 0.6 is 11.8 Å². The van der Waals surface area contributed by atoms with Crippen LogP contribution in [0.25, 0.3) is 5.69 Å². The SMILES string of the molecule is Cc1ccnn1-c1cccc(NC(=O)NCC2(N3CCOCC3)CCSC2)c1. The van der Waals surface area contributed by atoms with Crippen molar-refractivity contribution in [1.29, 1.82) is 0 Å². The minimum Gasteiger partial charge on any atom is -0.379 e. The summed E-state index contributed by atoms with van der Waals surface area (Å²) in [6.07, 6.45) is 2.87. The Morgan fingerprint density at radius 1 is 1.32 bits per heavy atom. The van der Waals surface area contributed by atoms with Gasteiger partial charge in [-0.25, -0.2) is 9.48 Å². The summed E-state index contributed by atoms with van der Waals surface area (Å²) < 4.78 is 7.36. The summed E-state index contributed by atoms with van der Waals surface area (Å²) in [7, 11) is 0. The van der Waals surface area contributed by atoms with Gasteiger partial charge in [-0.05, 0) is 43.4 Å². The molecule has 2 saturated heterocycles. The molecule has 28 heavy (non-hydrogen) atoms. The van der Waals surface area contributed by atoms with E-state index >= 15 is 0 Å². The molecule has 150 valence electrons. The number of aryl methyl sites for hydroxylation is 1. The van der Waals surface area contributed by atoms with Gasteiger partial charge < -0.3 is 15.4 Å². The molecule has 1 unspecified atom stereocenters. The highest BCUT2D eigenvalue weighted by Gasteiger charge is 2.40. The molecule has 4 rings (SSSR count). The van der Waals surface area contributed by atoms with Gasteiger partial charge in [0.25, 0.3) is 0 Å². The molecule has 0 saturated carbocycles. The second-order valence-corrected chi connectivity index (χ2v) is 8.47. The number of nitrogens with zero attached hydrogens (tertiary/aromatic N) is 3. The largest absolute Gasteiger partial charge is 0.379 e. The Morgan fingerprint density at radius 2 is 2.18 bits per heavy atom. The number of carbonyl (C=O) groups excluding carboxylic acids is 1. The molecule has 8 heteroatoms. The Bertz CT molecular complexity index is 812. The Balaban J connectivity index is 1.38. The summed E-state index contributed by atoms with van der Waals surface area (Å²) in [5.74, 6) is 2.20. The Kier molecular flexibility index (Phi) is 5.89. The minimum atomic E-state index is -0.168. The van der Waals surface area contributed by atoms with Crippen molar-refractivity contribution in [3.63, 3.8) is 0 Å². The number of amides is 2. The van der Waals surface area contributed by atoms with Crippen LogP contribution in [0.15, 0.2) is 36.5 Å². The number of morpholine rings is 1. The van der Waals surface area contributed by atoms with E-state index in [2.05, 4.69) is 20.6 Å². The van der Waals surface area contributed by atoms with Gasteiger partial charge in [0.15, 0.2) is 0 Å². The maximum atomic E-state index is 12.6. The molecule has 3 heterocycles. The van der Waals surface area contributed by atoms with Crippen molar-refractivity contribution < 1.29 is 9.53 Å². The standard InChI is InChI=1S/C20H27N5O2S/c1-16-5-7-22-25(16)18-4-2-3-17(13-18)23-19(26)21-14-20(6-12-28-15-20)24-8-10-27-11-9-24/h2-5,7,13H,6,8-12,14-15H2,1H3,(H2,21,23,26). The van der Waals surface area contributed by atoms with E-state index in [9.17, 15) is 4.79 Å². The molecular weight excluding hydrogens is 374 g/mol. The molecule has 0 radical (unpaired) electrons. The van der Waals surface area contributed by atoms with Gasteiger partial charge in [0, 0.05) is 48.5 Å². The Hall–Kier alpha value is -2.03. The highest BCUT2D eigenvalue weighted by Crippen LogP contribution is 2.33. The first-order valence-corrected chi connectivity index (χ1v) is 10.9. The van der Waals surface area contributed by atoms with Crippen molar-refractivity contribution in [3.05, 3.63) is 42.2 Å². The van der Waals surface area contributed by atoms with Crippen LogP contribution in [-0.4, -0.2) is 70.6 Å². The molecule has 2 N–H and O–H groups in total. The van der Waals surface area contributed by atoms with E-state index in [0.717, 1.165) is 61.3 Å². The number of carbonyl (C=O) groups is 1. The molecular formula is C20H27N5O2S. The summed E-state index contributed by atoms with van der Waals surface area (Å²) in [4.78, 5) is 15.1. The first-order valence-electron chi connectivity index (χ1n) is 9.73. The van der Waals surface area contributed by atoms with Crippen molar-refractivity contribution in [2.24, 2.45) is 0 Å². The average Bonchev–Trinajstić information content (AvgIpc) is 3.37. The summed E-state index contributed by atoms with van der Waals surface area (Å²) in [5, 5.41) is 10.4. The Morgan fingerprint density at radius 3 is 2.89 bits per heavy atom. The number of benzene rings is 1. The maximum absolute atomic E-state index is 12.6. The van der Waals surface area contributed by atoms with Crippen molar-refractivity contribution in [1.82, 2.24) is 20.0 Å². The maximum Gasteiger partial charge on any atom is 0.319 e. The van der Waals surface area contributed by atoms with Crippen molar-refractivity contribution in [2.45, 2.75) is 18.9 Å². The highest BCUT2D eigenvalue weighted by atomic mass is 32.2. The number of hydrogen-bond donors (Lipinski definition) is 2. The summed E-state index contributed by atoms with van der Waals surface area (Å²) in [6.45, 7) is 6.09. The highest BCUT2D eigenvalue weighted by molar-refractivity contribution is 7.99. The quantitative estimate of drug-likeness (QED) is 0.806. The second kappa shape index (κ2) is 8.55. The van der Waals surface area contributed by atoms with Crippen LogP contribution in [0.2, 0.25) is 0 Å². The topological polar surface area (TPSA) is 71.4 Å². The van der Waals surface area contributed by atoms with Crippen LogP contribution in [0.3, 0.4) is 0 Å². The van der Waals surface area contributed by atoms with Gasteiger partial charge >= 0.3 is 6.03 Å². The molecule has 0 aliphatic carbocycles. The number of nitrogens with one attached hydrogen (secondary N) is 2. The fourth-order valence-electron chi connectivity index (χ4n) is 3.91. The molecule has 0 bridgehead atoms. The van der Waals surface area contributed by atoms with Gasteiger partial charge in [-0.15, -0.1) is 0 Å². The van der Waals surface area contributed by atoms with Gasteiger partial charge in [-0.1, -0.05) is 6.07 Å². The molecule has 2 aromatic rings. The van der Waals surface area contributed by atoms with Crippen molar-refractivity contribution in [2.75, 3.05) is 49.7 Å². The van der Waals surface area contributed by atoms with E-state index in [1.54, 1.807) is 6.20 Å². The van der Waals surface area contributed by atoms with Crippen LogP contribution in [0.5, 0.6) is 0 Å². The number of urea groups is 1. The molecule has 2 aliphatic heterocycles. The molecule has 1 aromatic carbocycles. The van der Waals surface area contributed by atoms with E-state index in [4.69, 9.17) is 4.74 Å². The number of hydrogen-bond acceptors (Lipinski definition) is 5. The van der Waals surface area contributed by atoms with E-state index in [1.807, 2.05) is 53.7 Å². The zero-order valence-corrected chi connectivity index (χ0v) is 17.0. The number of ether oxygens (including phenoxy) is 1. The van der Waals surface area contributed by atoms with Crippen molar-refractivity contribution in [3.8, 4) is 5.69 Å². The number of rotatable bonds is 5. The van der Waals surface area contributed by atoms with E-state index in [1.165, 1.54) is 0 Å². The van der Waals surface area contributed by atoms with Crippen LogP contribution in [0, 0.1) is 6.92 Å². The molecule has 2 aliphatic rings. The lowest BCUT2D eigenvalue weighted by molar-refractivity contribution is -0.0123. The van der Waals surface area contributed by atoms with E-state index < -0.39 is 0 Å². The summed E-state index contributed by atoms with van der Waals surface area (Å²) >= 11 is 1.97. The molecule has 2 fully saturated rings. The Labute approximate surface area is 169 Å². The lowest BCUT2D eigenvalue weighted by Crippen LogP contribution is -2.59. The average molecular weight is 402 g/mol. The van der Waals surface area contributed by atoms with Gasteiger partial charge in [-0.3, -0.25) is 4.90 Å². The minimum absolute atomic E-state index is 0.0415. The van der Waals surface area contributed by atoms with Crippen LogP contribution in [-0.2, 0) is 4.74 Å². The van der Waals surface area contributed by atoms with Gasteiger partial charge in [0.1, 0.15) is 0 Å². The summed E-state index contributed by atoms with van der Waals surface area (Å²) in [6, 6.07) is 9.52. The third kappa shape index (κ3) is 4.19. The zero-order valence-electron chi connectivity index (χ0n) is 16.2. The lowest BCUT2D eigenvalue weighted by Gasteiger charge is -2.43. The monoisotopic (exact) mass is 401 g/mol. The normalized spacial score (nSPS) is 22.9. The van der Waals surface area contributed by atoms with Gasteiger partial charge in [0.05, 0.1) is 18.9 Å². The zero-order chi connectivity index (χ0) is 19.4. The predicted octanol–water partition coefficient (Wildman–Crippen LogP) is 2.51. The summed E-state index contributed by atoms with van der Waals surface area (Å²) in [5.41, 5.74) is 2.77. The first kappa shape index (κ1) is 19.3. The number of thioether (sulfide) groups is 1.